The maximum atomic E-state index is 12.1. The van der Waals surface area contributed by atoms with Gasteiger partial charge >= 0.3 is 0 Å². The lowest BCUT2D eigenvalue weighted by molar-refractivity contribution is 0.0945. The number of rotatable bonds is 6. The molecular formula is C15H17N5O. The number of hydrogen-bond acceptors (Lipinski definition) is 5. The van der Waals surface area contributed by atoms with E-state index in [4.69, 9.17) is 0 Å². The fraction of sp³-hybridized carbons (Fsp3) is 0.200. The van der Waals surface area contributed by atoms with Crippen LogP contribution in [0.25, 0.3) is 0 Å². The number of pyridine rings is 1. The summed E-state index contributed by atoms with van der Waals surface area (Å²) in [4.78, 5) is 24.5. The van der Waals surface area contributed by atoms with E-state index in [1.807, 2.05) is 12.1 Å². The zero-order valence-electron chi connectivity index (χ0n) is 11.8. The molecule has 2 rings (SSSR count). The largest absolute Gasteiger partial charge is 0.366 e. The molecule has 0 fully saturated rings. The summed E-state index contributed by atoms with van der Waals surface area (Å²) in [5, 5.41) is 5.85. The lowest BCUT2D eigenvalue weighted by atomic mass is 10.3. The SMILES string of the molecule is C=CCNc1cc(C(=O)NCc2cccnc2)nc(C)n1. The van der Waals surface area contributed by atoms with E-state index in [1.54, 1.807) is 31.5 Å². The van der Waals surface area contributed by atoms with Crippen LogP contribution in [0, 0.1) is 6.92 Å². The van der Waals surface area contributed by atoms with Crippen molar-refractivity contribution in [2.45, 2.75) is 13.5 Å². The molecule has 0 aliphatic heterocycles. The minimum atomic E-state index is -0.244. The molecule has 6 nitrogen and oxygen atoms in total. The van der Waals surface area contributed by atoms with Crippen molar-refractivity contribution >= 4 is 11.7 Å². The summed E-state index contributed by atoms with van der Waals surface area (Å²) in [6.07, 6.45) is 5.12. The molecule has 1 amide bonds. The van der Waals surface area contributed by atoms with E-state index in [0.717, 1.165) is 5.56 Å². The van der Waals surface area contributed by atoms with Gasteiger partial charge in [-0.05, 0) is 18.6 Å². The number of amides is 1. The van der Waals surface area contributed by atoms with Crippen LogP contribution in [0.4, 0.5) is 5.82 Å². The third-order valence-corrected chi connectivity index (χ3v) is 2.67. The smallest absolute Gasteiger partial charge is 0.270 e. The number of nitrogens with zero attached hydrogens (tertiary/aromatic N) is 3. The highest BCUT2D eigenvalue weighted by Gasteiger charge is 2.10. The molecule has 2 aromatic rings. The molecule has 0 bridgehead atoms. The van der Waals surface area contributed by atoms with Crippen LogP contribution >= 0.6 is 0 Å². The summed E-state index contributed by atoms with van der Waals surface area (Å²) in [5.74, 6) is 0.899. The summed E-state index contributed by atoms with van der Waals surface area (Å²) in [6, 6.07) is 5.35. The number of aryl methyl sites for hydroxylation is 1. The van der Waals surface area contributed by atoms with Crippen molar-refractivity contribution in [3.63, 3.8) is 0 Å². The van der Waals surface area contributed by atoms with Crippen molar-refractivity contribution in [2.75, 3.05) is 11.9 Å². The van der Waals surface area contributed by atoms with Gasteiger partial charge in [0.05, 0.1) is 0 Å². The highest BCUT2D eigenvalue weighted by Crippen LogP contribution is 2.07. The molecule has 0 spiro atoms. The third-order valence-electron chi connectivity index (χ3n) is 2.67. The molecule has 0 aromatic carbocycles. The molecule has 0 aliphatic rings. The Kier molecular flexibility index (Phi) is 4.98. The molecule has 6 heteroatoms. The summed E-state index contributed by atoms with van der Waals surface area (Å²) in [6.45, 7) is 6.36. The first-order valence-corrected chi connectivity index (χ1v) is 6.56. The van der Waals surface area contributed by atoms with Gasteiger partial charge in [-0.1, -0.05) is 12.1 Å². The van der Waals surface area contributed by atoms with Crippen molar-refractivity contribution < 1.29 is 4.79 Å². The van der Waals surface area contributed by atoms with E-state index in [-0.39, 0.29) is 5.91 Å². The Hall–Kier alpha value is -2.76. The first kappa shape index (κ1) is 14.6. The monoisotopic (exact) mass is 283 g/mol. The fourth-order valence-corrected chi connectivity index (χ4v) is 1.73. The second-order valence-electron chi connectivity index (χ2n) is 4.40. The molecule has 0 atom stereocenters. The first-order chi connectivity index (χ1) is 10.2. The van der Waals surface area contributed by atoms with Crippen LogP contribution in [-0.2, 0) is 6.54 Å². The quantitative estimate of drug-likeness (QED) is 0.789. The molecule has 0 radical (unpaired) electrons. The van der Waals surface area contributed by atoms with Gasteiger partial charge in [0, 0.05) is 31.5 Å². The Morgan fingerprint density at radius 1 is 1.43 bits per heavy atom. The predicted octanol–water partition coefficient (Wildman–Crippen LogP) is 1.71. The van der Waals surface area contributed by atoms with Crippen LogP contribution in [0.5, 0.6) is 0 Å². The molecule has 0 unspecified atom stereocenters. The standard InChI is InChI=1S/C15H17N5O/c1-3-6-17-14-8-13(19-11(2)20-14)15(21)18-10-12-5-4-7-16-9-12/h3-5,7-9H,1,6,10H2,2H3,(H,18,21)(H,17,19,20). The number of aromatic nitrogens is 3. The van der Waals surface area contributed by atoms with Crippen molar-refractivity contribution in [3.8, 4) is 0 Å². The maximum Gasteiger partial charge on any atom is 0.270 e. The molecule has 0 saturated heterocycles. The number of carbonyl (C=O) groups is 1. The van der Waals surface area contributed by atoms with Crippen LogP contribution in [0.2, 0.25) is 0 Å². The number of carbonyl (C=O) groups excluding carboxylic acids is 1. The van der Waals surface area contributed by atoms with Gasteiger partial charge in [-0.3, -0.25) is 9.78 Å². The van der Waals surface area contributed by atoms with Gasteiger partial charge in [0.1, 0.15) is 17.3 Å². The molecule has 0 aliphatic carbocycles. The second-order valence-corrected chi connectivity index (χ2v) is 4.40. The average molecular weight is 283 g/mol. The predicted molar refractivity (Wildman–Crippen MR) is 80.9 cm³/mol. The highest BCUT2D eigenvalue weighted by atomic mass is 16.1. The normalized spacial score (nSPS) is 9.95. The van der Waals surface area contributed by atoms with Crippen LogP contribution in [0.1, 0.15) is 21.9 Å². The molecule has 108 valence electrons. The van der Waals surface area contributed by atoms with Gasteiger partial charge in [0.25, 0.3) is 5.91 Å². The van der Waals surface area contributed by atoms with Crippen LogP contribution in [0.15, 0.2) is 43.2 Å². The van der Waals surface area contributed by atoms with E-state index >= 15 is 0 Å². The minimum absolute atomic E-state index is 0.244. The van der Waals surface area contributed by atoms with Gasteiger partial charge in [-0.15, -0.1) is 6.58 Å². The summed E-state index contributed by atoms with van der Waals surface area (Å²) in [5.41, 5.74) is 1.26. The first-order valence-electron chi connectivity index (χ1n) is 6.56. The minimum Gasteiger partial charge on any atom is -0.366 e. The van der Waals surface area contributed by atoms with Crippen LogP contribution in [-0.4, -0.2) is 27.4 Å². The van der Waals surface area contributed by atoms with E-state index in [1.165, 1.54) is 0 Å². The Morgan fingerprint density at radius 2 is 2.29 bits per heavy atom. The number of anilines is 1. The molecule has 2 heterocycles. The van der Waals surface area contributed by atoms with Crippen LogP contribution in [0.3, 0.4) is 0 Å². The highest BCUT2D eigenvalue weighted by molar-refractivity contribution is 5.92. The molecular weight excluding hydrogens is 266 g/mol. The summed E-state index contributed by atoms with van der Waals surface area (Å²) >= 11 is 0. The average Bonchev–Trinajstić information content (AvgIpc) is 2.51. The second kappa shape index (κ2) is 7.14. The lowest BCUT2D eigenvalue weighted by Gasteiger charge is -2.08. The van der Waals surface area contributed by atoms with Gasteiger partial charge in [-0.25, -0.2) is 9.97 Å². The topological polar surface area (TPSA) is 79.8 Å². The van der Waals surface area contributed by atoms with Crippen molar-refractivity contribution in [1.82, 2.24) is 20.3 Å². The lowest BCUT2D eigenvalue weighted by Crippen LogP contribution is -2.24. The molecule has 21 heavy (non-hydrogen) atoms. The van der Waals surface area contributed by atoms with Gasteiger partial charge in [0.15, 0.2) is 0 Å². The van der Waals surface area contributed by atoms with Crippen molar-refractivity contribution in [3.05, 3.63) is 60.3 Å². The van der Waals surface area contributed by atoms with Gasteiger partial charge < -0.3 is 10.6 Å². The van der Waals surface area contributed by atoms with Crippen LogP contribution < -0.4 is 10.6 Å². The van der Waals surface area contributed by atoms with Crippen molar-refractivity contribution in [1.29, 1.82) is 0 Å². The molecule has 2 N–H and O–H groups in total. The van der Waals surface area contributed by atoms with Gasteiger partial charge in [0.2, 0.25) is 0 Å². The Labute approximate surface area is 123 Å². The Bertz CT molecular complexity index is 627. The Morgan fingerprint density at radius 3 is 3.00 bits per heavy atom. The van der Waals surface area contributed by atoms with Gasteiger partial charge in [-0.2, -0.15) is 0 Å². The Balaban J connectivity index is 2.04. The van der Waals surface area contributed by atoms with E-state index in [2.05, 4.69) is 32.2 Å². The fourth-order valence-electron chi connectivity index (χ4n) is 1.73. The number of hydrogen-bond donors (Lipinski definition) is 2. The number of nitrogens with one attached hydrogen (secondary N) is 2. The maximum absolute atomic E-state index is 12.1. The van der Waals surface area contributed by atoms with E-state index in [0.29, 0.717) is 30.4 Å². The van der Waals surface area contributed by atoms with E-state index in [9.17, 15) is 4.79 Å². The van der Waals surface area contributed by atoms with E-state index < -0.39 is 0 Å². The summed E-state index contributed by atoms with van der Waals surface area (Å²) < 4.78 is 0. The third kappa shape index (κ3) is 4.38. The zero-order valence-corrected chi connectivity index (χ0v) is 11.8. The van der Waals surface area contributed by atoms with Crippen molar-refractivity contribution in [2.24, 2.45) is 0 Å². The molecule has 0 saturated carbocycles. The summed E-state index contributed by atoms with van der Waals surface area (Å²) in [7, 11) is 0. The molecule has 2 aromatic heterocycles. The zero-order chi connectivity index (χ0) is 15.1.